The molecule has 4 nitrogen and oxygen atoms in total. The van der Waals surface area contributed by atoms with Crippen LogP contribution in [0.5, 0.6) is 11.6 Å². The summed E-state index contributed by atoms with van der Waals surface area (Å²) in [5, 5.41) is 4.38. The zero-order valence-corrected chi connectivity index (χ0v) is 13.8. The zero-order valence-electron chi connectivity index (χ0n) is 13.8. The van der Waals surface area contributed by atoms with Gasteiger partial charge in [0.2, 0.25) is 5.88 Å². The Morgan fingerprint density at radius 1 is 1.24 bits per heavy atom. The van der Waals surface area contributed by atoms with Gasteiger partial charge in [-0.3, -0.25) is 0 Å². The first-order valence-corrected chi connectivity index (χ1v) is 7.25. The molecule has 0 bridgehead atoms. The molecule has 0 aliphatic rings. The van der Waals surface area contributed by atoms with E-state index < -0.39 is 0 Å². The van der Waals surface area contributed by atoms with E-state index in [1.165, 1.54) is 5.56 Å². The van der Waals surface area contributed by atoms with Gasteiger partial charge in [-0.15, -0.1) is 0 Å². The van der Waals surface area contributed by atoms with E-state index in [1.54, 1.807) is 4.68 Å². The molecule has 1 aromatic heterocycles. The molecule has 0 aliphatic carbocycles. The zero-order chi connectivity index (χ0) is 15.8. The first-order valence-electron chi connectivity index (χ1n) is 7.25. The first kappa shape index (κ1) is 15.6. The Hall–Kier alpha value is -1.81. The fraction of sp³-hybridized carbons (Fsp3) is 0.471. The Labute approximate surface area is 126 Å². The number of nitrogens with two attached hydrogens (primary N) is 1. The van der Waals surface area contributed by atoms with Gasteiger partial charge in [-0.05, 0) is 36.5 Å². The van der Waals surface area contributed by atoms with E-state index in [4.69, 9.17) is 10.5 Å². The summed E-state index contributed by atoms with van der Waals surface area (Å²) < 4.78 is 7.82. The molecule has 2 rings (SSSR count). The van der Waals surface area contributed by atoms with Crippen molar-refractivity contribution in [3.05, 3.63) is 40.6 Å². The third-order valence-electron chi connectivity index (χ3n) is 3.74. The third kappa shape index (κ3) is 3.10. The molecule has 0 unspecified atom stereocenters. The van der Waals surface area contributed by atoms with E-state index >= 15 is 0 Å². The van der Waals surface area contributed by atoms with Gasteiger partial charge in [-0.1, -0.05) is 32.9 Å². The topological polar surface area (TPSA) is 53.1 Å². The lowest BCUT2D eigenvalue weighted by molar-refractivity contribution is 0.422. The highest BCUT2D eigenvalue weighted by Gasteiger charge is 2.17. The SMILES string of the molecule is Cc1cc(C(C)(C)C)ccc1Oc1c(CN)c(C)nn1C. The molecule has 1 heterocycles. The average Bonchev–Trinajstić information content (AvgIpc) is 2.64. The summed E-state index contributed by atoms with van der Waals surface area (Å²) in [7, 11) is 1.88. The second kappa shape index (κ2) is 5.53. The van der Waals surface area contributed by atoms with Crippen LogP contribution in [-0.2, 0) is 19.0 Å². The van der Waals surface area contributed by atoms with Crippen LogP contribution < -0.4 is 10.5 Å². The minimum absolute atomic E-state index is 0.134. The van der Waals surface area contributed by atoms with Crippen LogP contribution >= 0.6 is 0 Å². The predicted octanol–water partition coefficient (Wildman–Crippen LogP) is 3.59. The van der Waals surface area contributed by atoms with Crippen LogP contribution in [0, 0.1) is 13.8 Å². The van der Waals surface area contributed by atoms with Crippen molar-refractivity contribution in [1.82, 2.24) is 9.78 Å². The van der Waals surface area contributed by atoms with Gasteiger partial charge in [0.15, 0.2) is 0 Å². The van der Waals surface area contributed by atoms with Gasteiger partial charge in [0.1, 0.15) is 5.75 Å². The van der Waals surface area contributed by atoms with Gasteiger partial charge in [0.05, 0.1) is 11.3 Å². The summed E-state index contributed by atoms with van der Waals surface area (Å²) in [6.45, 7) is 11.1. The molecule has 0 fully saturated rings. The minimum Gasteiger partial charge on any atom is -0.439 e. The fourth-order valence-corrected chi connectivity index (χ4v) is 2.38. The molecule has 0 atom stereocenters. The van der Waals surface area contributed by atoms with Crippen molar-refractivity contribution >= 4 is 0 Å². The largest absolute Gasteiger partial charge is 0.439 e. The summed E-state index contributed by atoms with van der Waals surface area (Å²) >= 11 is 0. The minimum atomic E-state index is 0.134. The Balaban J connectivity index is 2.37. The van der Waals surface area contributed by atoms with Crippen molar-refractivity contribution in [3.8, 4) is 11.6 Å². The van der Waals surface area contributed by atoms with Crippen LogP contribution in [0.3, 0.4) is 0 Å². The number of hydrogen-bond acceptors (Lipinski definition) is 3. The normalized spacial score (nSPS) is 11.8. The average molecular weight is 287 g/mol. The quantitative estimate of drug-likeness (QED) is 0.938. The van der Waals surface area contributed by atoms with Crippen molar-refractivity contribution in [2.24, 2.45) is 12.8 Å². The van der Waals surface area contributed by atoms with Gasteiger partial charge in [-0.2, -0.15) is 5.10 Å². The Morgan fingerprint density at radius 3 is 2.43 bits per heavy atom. The molecule has 0 radical (unpaired) electrons. The standard InChI is InChI=1S/C17H25N3O/c1-11-9-13(17(3,4)5)7-8-15(11)21-16-14(10-18)12(2)19-20(16)6/h7-9H,10,18H2,1-6H3. The number of aromatic nitrogens is 2. The van der Waals surface area contributed by atoms with Gasteiger partial charge in [-0.25, -0.2) is 4.68 Å². The summed E-state index contributed by atoms with van der Waals surface area (Å²) in [6.07, 6.45) is 0. The van der Waals surface area contributed by atoms with Crippen LogP contribution in [0.25, 0.3) is 0 Å². The molecule has 1 aromatic carbocycles. The summed E-state index contributed by atoms with van der Waals surface area (Å²) in [6, 6.07) is 6.33. The maximum atomic E-state index is 6.07. The molecule has 0 amide bonds. The highest BCUT2D eigenvalue weighted by Crippen LogP contribution is 2.32. The highest BCUT2D eigenvalue weighted by molar-refractivity contribution is 5.42. The van der Waals surface area contributed by atoms with Crippen LogP contribution in [0.15, 0.2) is 18.2 Å². The van der Waals surface area contributed by atoms with E-state index in [0.29, 0.717) is 6.54 Å². The molecular formula is C17H25N3O. The lowest BCUT2D eigenvalue weighted by atomic mass is 9.86. The molecule has 4 heteroatoms. The van der Waals surface area contributed by atoms with Crippen molar-refractivity contribution in [3.63, 3.8) is 0 Å². The fourth-order valence-electron chi connectivity index (χ4n) is 2.38. The maximum Gasteiger partial charge on any atom is 0.222 e. The van der Waals surface area contributed by atoms with Gasteiger partial charge in [0.25, 0.3) is 0 Å². The molecule has 0 saturated heterocycles. The van der Waals surface area contributed by atoms with Crippen molar-refractivity contribution in [2.75, 3.05) is 0 Å². The maximum absolute atomic E-state index is 6.07. The molecule has 114 valence electrons. The Morgan fingerprint density at radius 2 is 1.90 bits per heavy atom. The molecule has 0 spiro atoms. The summed E-state index contributed by atoms with van der Waals surface area (Å²) in [5.74, 6) is 1.57. The number of benzene rings is 1. The smallest absolute Gasteiger partial charge is 0.222 e. The summed E-state index contributed by atoms with van der Waals surface area (Å²) in [4.78, 5) is 0. The van der Waals surface area contributed by atoms with E-state index in [2.05, 4.69) is 44.9 Å². The highest BCUT2D eigenvalue weighted by atomic mass is 16.5. The molecule has 2 N–H and O–H groups in total. The van der Waals surface area contributed by atoms with Crippen LogP contribution in [-0.4, -0.2) is 9.78 Å². The monoisotopic (exact) mass is 287 g/mol. The Bertz CT molecular complexity index is 651. The number of aryl methyl sites for hydroxylation is 3. The van der Waals surface area contributed by atoms with Gasteiger partial charge < -0.3 is 10.5 Å². The van der Waals surface area contributed by atoms with E-state index in [1.807, 2.05) is 20.0 Å². The van der Waals surface area contributed by atoms with Crippen molar-refractivity contribution in [1.29, 1.82) is 0 Å². The second-order valence-corrected chi connectivity index (χ2v) is 6.53. The molecule has 0 saturated carbocycles. The molecule has 0 aliphatic heterocycles. The van der Waals surface area contributed by atoms with E-state index in [0.717, 1.165) is 28.5 Å². The van der Waals surface area contributed by atoms with Crippen LogP contribution in [0.1, 0.15) is 43.2 Å². The number of hydrogen-bond donors (Lipinski definition) is 1. The Kier molecular flexibility index (Phi) is 4.10. The van der Waals surface area contributed by atoms with Crippen molar-refractivity contribution in [2.45, 2.75) is 46.6 Å². The van der Waals surface area contributed by atoms with E-state index in [-0.39, 0.29) is 5.41 Å². The van der Waals surface area contributed by atoms with Gasteiger partial charge >= 0.3 is 0 Å². The molecule has 21 heavy (non-hydrogen) atoms. The van der Waals surface area contributed by atoms with Crippen molar-refractivity contribution < 1.29 is 4.74 Å². The van der Waals surface area contributed by atoms with E-state index in [9.17, 15) is 0 Å². The van der Waals surface area contributed by atoms with Gasteiger partial charge in [0, 0.05) is 13.6 Å². The number of rotatable bonds is 3. The predicted molar refractivity (Wildman–Crippen MR) is 85.8 cm³/mol. The second-order valence-electron chi connectivity index (χ2n) is 6.53. The lowest BCUT2D eigenvalue weighted by Crippen LogP contribution is -2.11. The number of nitrogens with zero attached hydrogens (tertiary/aromatic N) is 2. The third-order valence-corrected chi connectivity index (χ3v) is 3.74. The van der Waals surface area contributed by atoms with Crippen LogP contribution in [0.2, 0.25) is 0 Å². The molecule has 2 aromatic rings. The summed E-state index contributed by atoms with van der Waals surface area (Å²) in [5.41, 5.74) is 10.2. The lowest BCUT2D eigenvalue weighted by Gasteiger charge is -2.20. The first-order chi connectivity index (χ1) is 9.74. The number of ether oxygens (including phenoxy) is 1. The molecular weight excluding hydrogens is 262 g/mol. The van der Waals surface area contributed by atoms with Crippen LogP contribution in [0.4, 0.5) is 0 Å².